The molecule has 0 aliphatic rings. The second-order valence-corrected chi connectivity index (χ2v) is 8.34. The number of unbranched alkanes of at least 4 members (excludes halogenated alkanes) is 10. The molecule has 0 aromatic heterocycles. The summed E-state index contributed by atoms with van der Waals surface area (Å²) in [5.74, 6) is -0.910. The number of phenols is 1. The van der Waals surface area contributed by atoms with E-state index in [1.165, 1.54) is 57.8 Å². The average molecular weight is 403 g/mol. The average Bonchev–Trinajstić information content (AvgIpc) is 2.71. The zero-order chi connectivity index (χ0) is 21.3. The Morgan fingerprint density at radius 1 is 0.862 bits per heavy atom. The van der Waals surface area contributed by atoms with Gasteiger partial charge in [0.15, 0.2) is 0 Å². The quantitative estimate of drug-likeness (QED) is 0.206. The number of aliphatic carboxylic acids is 1. The molecule has 1 aromatic rings. The first-order valence-electron chi connectivity index (χ1n) is 11.7. The number of carboxylic acids is 1. The summed E-state index contributed by atoms with van der Waals surface area (Å²) < 4.78 is 0. The molecule has 0 spiro atoms. The Labute approximate surface area is 178 Å². The summed E-state index contributed by atoms with van der Waals surface area (Å²) in [5.41, 5.74) is 0.978. The number of carboxylic acid groups (broad SMARTS) is 1. The molecule has 2 unspecified atom stereocenters. The molecule has 29 heavy (non-hydrogen) atoms. The van der Waals surface area contributed by atoms with Gasteiger partial charge in [-0.15, -0.1) is 0 Å². The Kier molecular flexibility index (Phi) is 14.0. The van der Waals surface area contributed by atoms with Crippen molar-refractivity contribution in [2.24, 2.45) is 5.92 Å². The van der Waals surface area contributed by atoms with Crippen LogP contribution >= 0.6 is 0 Å². The summed E-state index contributed by atoms with van der Waals surface area (Å²) >= 11 is 0. The van der Waals surface area contributed by atoms with Gasteiger partial charge in [-0.3, -0.25) is 4.79 Å². The van der Waals surface area contributed by atoms with Crippen molar-refractivity contribution in [1.29, 1.82) is 0 Å². The van der Waals surface area contributed by atoms with Gasteiger partial charge >= 0.3 is 5.97 Å². The molecule has 0 saturated carbocycles. The van der Waals surface area contributed by atoms with E-state index in [9.17, 15) is 15.0 Å². The van der Waals surface area contributed by atoms with Gasteiger partial charge in [-0.1, -0.05) is 89.5 Å². The highest BCUT2D eigenvalue weighted by atomic mass is 16.4. The van der Waals surface area contributed by atoms with Crippen molar-refractivity contribution in [1.82, 2.24) is 0 Å². The molecule has 0 amide bonds. The van der Waals surface area contributed by atoms with Crippen molar-refractivity contribution in [3.63, 3.8) is 0 Å². The van der Waals surface area contributed by atoms with Crippen molar-refractivity contribution in [3.8, 4) is 5.75 Å². The summed E-state index contributed by atoms with van der Waals surface area (Å²) in [4.78, 5) is 11.7. The maximum atomic E-state index is 11.7. The van der Waals surface area contributed by atoms with Gasteiger partial charge in [0.05, 0.1) is 5.92 Å². The first-order chi connectivity index (χ1) is 14.1. The predicted octanol–water partition coefficient (Wildman–Crippen LogP) is 7.84. The van der Waals surface area contributed by atoms with Crippen LogP contribution in [0.15, 0.2) is 36.4 Å². The highest BCUT2D eigenvalue weighted by molar-refractivity contribution is 5.71. The number of carbonyl (C=O) groups is 1. The molecule has 0 bridgehead atoms. The number of hydrogen-bond donors (Lipinski definition) is 2. The van der Waals surface area contributed by atoms with E-state index in [1.54, 1.807) is 12.1 Å². The summed E-state index contributed by atoms with van der Waals surface area (Å²) in [6.45, 7) is 4.23. The topological polar surface area (TPSA) is 57.5 Å². The third-order valence-electron chi connectivity index (χ3n) is 5.87. The number of hydrogen-bond acceptors (Lipinski definition) is 2. The number of phenolic OH excluding ortho intramolecular Hbond substituents is 1. The molecular formula is C26H42O3. The normalized spacial score (nSPS) is 13.6. The number of allylic oxidation sites excluding steroid dienone is 2. The van der Waals surface area contributed by atoms with E-state index in [1.807, 2.05) is 19.1 Å². The zero-order valence-electron chi connectivity index (χ0n) is 18.6. The highest BCUT2D eigenvalue weighted by Gasteiger charge is 2.25. The predicted molar refractivity (Wildman–Crippen MR) is 122 cm³/mol. The third-order valence-corrected chi connectivity index (χ3v) is 5.87. The first-order valence-corrected chi connectivity index (χ1v) is 11.7. The summed E-state index contributed by atoms with van der Waals surface area (Å²) in [6.07, 6.45) is 20.3. The molecule has 0 saturated heterocycles. The summed E-state index contributed by atoms with van der Waals surface area (Å²) in [7, 11) is 0. The number of rotatable bonds is 17. The van der Waals surface area contributed by atoms with Crippen molar-refractivity contribution in [3.05, 3.63) is 42.0 Å². The Hall–Kier alpha value is -1.77. The van der Waals surface area contributed by atoms with E-state index in [0.717, 1.165) is 24.8 Å². The zero-order valence-corrected chi connectivity index (χ0v) is 18.6. The second-order valence-electron chi connectivity index (χ2n) is 8.34. The highest BCUT2D eigenvalue weighted by Crippen LogP contribution is 2.30. The standard InChI is InChI=1S/C26H42O3/c1-3-4-5-6-7-8-9-10-11-12-13-14-15-16-17-25(26(28)29)22(2)23-18-20-24(27)21-19-23/h10-11,18-22,25,27H,3-9,12-17H2,1-2H3,(H,28,29)/b11-10-. The fourth-order valence-electron chi connectivity index (χ4n) is 3.86. The lowest BCUT2D eigenvalue weighted by molar-refractivity contribution is -0.142. The lowest BCUT2D eigenvalue weighted by Crippen LogP contribution is -2.20. The third kappa shape index (κ3) is 11.7. The SMILES string of the molecule is CCCCCCCC/C=C\CCCCCCC(C(=O)O)C(C)c1ccc(O)cc1. The van der Waals surface area contributed by atoms with Gasteiger partial charge in [0.25, 0.3) is 0 Å². The Balaban J connectivity index is 2.12. The van der Waals surface area contributed by atoms with Crippen LogP contribution in [0.3, 0.4) is 0 Å². The van der Waals surface area contributed by atoms with Crippen LogP contribution in [0.4, 0.5) is 0 Å². The number of benzene rings is 1. The Morgan fingerprint density at radius 2 is 1.38 bits per heavy atom. The van der Waals surface area contributed by atoms with Gasteiger partial charge in [0.1, 0.15) is 5.75 Å². The van der Waals surface area contributed by atoms with Crippen LogP contribution in [0.25, 0.3) is 0 Å². The molecule has 0 aliphatic carbocycles. The fourth-order valence-corrected chi connectivity index (χ4v) is 3.86. The molecule has 0 fully saturated rings. The Bertz CT molecular complexity index is 562. The minimum atomic E-state index is -0.719. The molecule has 164 valence electrons. The lowest BCUT2D eigenvalue weighted by atomic mass is 9.84. The van der Waals surface area contributed by atoms with Crippen LogP contribution in [0.1, 0.15) is 109 Å². The lowest BCUT2D eigenvalue weighted by Gasteiger charge is -2.20. The van der Waals surface area contributed by atoms with E-state index in [4.69, 9.17) is 0 Å². The monoisotopic (exact) mass is 402 g/mol. The van der Waals surface area contributed by atoms with Crippen LogP contribution in [-0.4, -0.2) is 16.2 Å². The smallest absolute Gasteiger partial charge is 0.307 e. The summed E-state index contributed by atoms with van der Waals surface area (Å²) in [6, 6.07) is 6.91. The van der Waals surface area contributed by atoms with E-state index in [2.05, 4.69) is 19.1 Å². The Morgan fingerprint density at radius 3 is 1.93 bits per heavy atom. The number of aromatic hydroxyl groups is 1. The van der Waals surface area contributed by atoms with Gasteiger partial charge in [-0.25, -0.2) is 0 Å². The van der Waals surface area contributed by atoms with Crippen molar-refractivity contribution < 1.29 is 15.0 Å². The summed E-state index contributed by atoms with van der Waals surface area (Å²) in [5, 5.41) is 19.0. The molecular weight excluding hydrogens is 360 g/mol. The molecule has 1 rings (SSSR count). The second kappa shape index (κ2) is 16.1. The molecule has 2 atom stereocenters. The largest absolute Gasteiger partial charge is 0.508 e. The first kappa shape index (κ1) is 25.3. The van der Waals surface area contributed by atoms with Crippen LogP contribution < -0.4 is 0 Å². The van der Waals surface area contributed by atoms with Crippen molar-refractivity contribution in [2.45, 2.75) is 103 Å². The molecule has 0 radical (unpaired) electrons. The van der Waals surface area contributed by atoms with Crippen molar-refractivity contribution in [2.75, 3.05) is 0 Å². The fraction of sp³-hybridized carbons (Fsp3) is 0.654. The van der Waals surface area contributed by atoms with Crippen LogP contribution in [-0.2, 0) is 4.79 Å². The minimum Gasteiger partial charge on any atom is -0.508 e. The molecule has 0 aliphatic heterocycles. The molecule has 3 nitrogen and oxygen atoms in total. The van der Waals surface area contributed by atoms with E-state index < -0.39 is 5.97 Å². The molecule has 3 heteroatoms. The van der Waals surface area contributed by atoms with Gasteiger partial charge in [-0.2, -0.15) is 0 Å². The van der Waals surface area contributed by atoms with E-state index >= 15 is 0 Å². The van der Waals surface area contributed by atoms with Gasteiger partial charge in [-0.05, 0) is 55.7 Å². The van der Waals surface area contributed by atoms with Gasteiger partial charge < -0.3 is 10.2 Å². The van der Waals surface area contributed by atoms with Gasteiger partial charge in [0.2, 0.25) is 0 Å². The minimum absolute atomic E-state index is 0.0435. The van der Waals surface area contributed by atoms with Crippen LogP contribution in [0.2, 0.25) is 0 Å². The maximum Gasteiger partial charge on any atom is 0.307 e. The van der Waals surface area contributed by atoms with E-state index in [0.29, 0.717) is 6.42 Å². The van der Waals surface area contributed by atoms with E-state index in [-0.39, 0.29) is 17.6 Å². The maximum absolute atomic E-state index is 11.7. The van der Waals surface area contributed by atoms with Crippen LogP contribution in [0.5, 0.6) is 5.75 Å². The molecule has 1 aromatic carbocycles. The molecule has 0 heterocycles. The van der Waals surface area contributed by atoms with Crippen molar-refractivity contribution >= 4 is 5.97 Å². The molecule has 2 N–H and O–H groups in total. The van der Waals surface area contributed by atoms with Crippen LogP contribution in [0, 0.1) is 5.92 Å². The van der Waals surface area contributed by atoms with Gasteiger partial charge in [0, 0.05) is 0 Å².